The number of aliphatic imine (C=N–C) groups is 2. The lowest BCUT2D eigenvalue weighted by molar-refractivity contribution is 1.07. The van der Waals surface area contributed by atoms with Gasteiger partial charge >= 0.3 is 0 Å². The van der Waals surface area contributed by atoms with Gasteiger partial charge in [0.2, 0.25) is 0 Å². The van der Waals surface area contributed by atoms with E-state index in [9.17, 15) is 0 Å². The molecule has 10 nitrogen and oxygen atoms in total. The molecular formula is C62H38N10. The number of nitrogens with zero attached hydrogens (tertiary/aromatic N) is 10. The number of para-hydroxylation sites is 2. The minimum Gasteiger partial charge on any atom is -0.244 e. The first kappa shape index (κ1) is 42.1. The number of pyridine rings is 2. The molecular weight excluding hydrogens is 885 g/mol. The van der Waals surface area contributed by atoms with Gasteiger partial charge in [-0.3, -0.25) is 0 Å². The molecule has 336 valence electrons. The van der Waals surface area contributed by atoms with Gasteiger partial charge in [0.15, 0.2) is 34.9 Å². The van der Waals surface area contributed by atoms with Gasteiger partial charge in [-0.25, -0.2) is 49.9 Å². The standard InChI is InChI=1S/C62H38N10/c1-5-17-41(18-6-1)57-67-58(42-19-7-2-8-20-42)70-61(69-57)45-33-29-39(30-34-45)53-55-51(37-47-25-13-15-27-49(47)63-55)66-54(56-52(65-53)38-48-26-14-16-28-50(48)64-56)40-31-35-46(36-32-40)62-71-59(43-21-9-3-10-22-43)68-60(72-62)44-23-11-4-12-24-44/h1-38H/b55-53?,56-54?,65-52?,65-53-,66-51?,66-54-. The fraction of sp³-hybridized carbons (Fsp3) is 0. The summed E-state index contributed by atoms with van der Waals surface area (Å²) in [6.07, 6.45) is 0. The molecule has 1 aliphatic rings. The van der Waals surface area contributed by atoms with E-state index in [0.29, 0.717) is 69.1 Å². The van der Waals surface area contributed by atoms with E-state index in [4.69, 9.17) is 49.9 Å². The van der Waals surface area contributed by atoms with Crippen molar-refractivity contribution in [2.24, 2.45) is 9.98 Å². The van der Waals surface area contributed by atoms with Crippen molar-refractivity contribution in [3.8, 4) is 68.3 Å². The normalized spacial score (nSPS) is 13.5. The molecule has 0 spiro atoms. The summed E-state index contributed by atoms with van der Waals surface area (Å²) < 4.78 is 0. The Morgan fingerprint density at radius 2 is 0.458 bits per heavy atom. The molecule has 0 atom stereocenters. The molecule has 0 aliphatic carbocycles. The molecule has 0 bridgehead atoms. The first-order chi connectivity index (χ1) is 35.6. The summed E-state index contributed by atoms with van der Waals surface area (Å²) in [4.78, 5) is 51.5. The van der Waals surface area contributed by atoms with Crippen molar-refractivity contribution in [2.75, 3.05) is 0 Å². The van der Waals surface area contributed by atoms with E-state index in [-0.39, 0.29) is 0 Å². The number of hydrogen-bond donors (Lipinski definition) is 0. The predicted molar refractivity (Wildman–Crippen MR) is 286 cm³/mol. The van der Waals surface area contributed by atoms with Gasteiger partial charge < -0.3 is 0 Å². The molecule has 0 unspecified atom stereocenters. The fourth-order valence-electron chi connectivity index (χ4n) is 8.91. The van der Waals surface area contributed by atoms with E-state index in [1.165, 1.54) is 0 Å². The van der Waals surface area contributed by atoms with Crippen LogP contribution in [-0.4, -0.2) is 51.3 Å². The van der Waals surface area contributed by atoms with Gasteiger partial charge in [0.1, 0.15) is 11.4 Å². The average molecular weight is 923 g/mol. The first-order valence-corrected chi connectivity index (χ1v) is 23.6. The summed E-state index contributed by atoms with van der Waals surface area (Å²) in [6.45, 7) is 0. The molecule has 1 aliphatic heterocycles. The maximum atomic E-state index is 5.54. The molecule has 13 rings (SSSR count). The molecule has 0 N–H and O–H groups in total. The van der Waals surface area contributed by atoms with Gasteiger partial charge in [0, 0.05) is 55.3 Å². The quantitative estimate of drug-likeness (QED) is 0.147. The summed E-state index contributed by atoms with van der Waals surface area (Å²) in [5, 5.41) is 1.90. The molecule has 12 aromatic rings. The summed E-state index contributed by atoms with van der Waals surface area (Å²) in [6, 6.07) is 76.6. The van der Waals surface area contributed by atoms with Crippen LogP contribution in [0.25, 0.3) is 90.1 Å². The highest BCUT2D eigenvalue weighted by molar-refractivity contribution is 6.22. The molecule has 10 heteroatoms. The number of rotatable bonds is 8. The van der Waals surface area contributed by atoms with Crippen molar-refractivity contribution in [1.82, 2.24) is 39.9 Å². The van der Waals surface area contributed by atoms with Crippen LogP contribution in [0.5, 0.6) is 0 Å². The van der Waals surface area contributed by atoms with Crippen LogP contribution in [0.4, 0.5) is 11.4 Å². The van der Waals surface area contributed by atoms with Crippen molar-refractivity contribution in [3.63, 3.8) is 0 Å². The molecule has 72 heavy (non-hydrogen) atoms. The Kier molecular flexibility index (Phi) is 10.6. The maximum Gasteiger partial charge on any atom is 0.164 e. The monoisotopic (exact) mass is 922 g/mol. The maximum absolute atomic E-state index is 5.54. The average Bonchev–Trinajstić information content (AvgIpc) is 3.46. The summed E-state index contributed by atoms with van der Waals surface area (Å²) in [5.41, 5.74) is 12.5. The third-order valence-electron chi connectivity index (χ3n) is 12.6. The van der Waals surface area contributed by atoms with Gasteiger partial charge in [-0.1, -0.05) is 206 Å². The number of benzene rings is 8. The summed E-state index contributed by atoms with van der Waals surface area (Å²) >= 11 is 0. The highest BCUT2D eigenvalue weighted by Gasteiger charge is 2.25. The molecule has 0 fully saturated rings. The molecule has 0 saturated heterocycles. The van der Waals surface area contributed by atoms with Gasteiger partial charge in [-0.2, -0.15) is 0 Å². The van der Waals surface area contributed by atoms with Crippen LogP contribution in [-0.2, 0) is 0 Å². The third kappa shape index (κ3) is 8.14. The lowest BCUT2D eigenvalue weighted by Crippen LogP contribution is -2.13. The highest BCUT2D eigenvalue weighted by Crippen LogP contribution is 2.37. The second-order valence-corrected chi connectivity index (χ2v) is 17.2. The van der Waals surface area contributed by atoms with Crippen LogP contribution >= 0.6 is 0 Å². The molecule has 4 aromatic heterocycles. The Morgan fingerprint density at radius 3 is 0.764 bits per heavy atom. The Bertz CT molecular complexity index is 3670. The Hall–Kier alpha value is -10.1. The van der Waals surface area contributed by atoms with E-state index in [1.54, 1.807) is 0 Å². The van der Waals surface area contributed by atoms with Crippen molar-refractivity contribution >= 4 is 44.6 Å². The molecule has 0 saturated carbocycles. The van der Waals surface area contributed by atoms with Gasteiger partial charge in [0.05, 0.1) is 33.8 Å². The van der Waals surface area contributed by atoms with E-state index in [2.05, 4.69) is 48.5 Å². The third-order valence-corrected chi connectivity index (χ3v) is 12.6. The lowest BCUT2D eigenvalue weighted by Gasteiger charge is -2.18. The van der Waals surface area contributed by atoms with Gasteiger partial charge in [-0.05, 0) is 24.3 Å². The van der Waals surface area contributed by atoms with Crippen LogP contribution in [0.3, 0.4) is 0 Å². The number of fused-ring (bicyclic) bond motifs is 4. The Morgan fingerprint density at radius 1 is 0.208 bits per heavy atom. The van der Waals surface area contributed by atoms with E-state index in [1.807, 2.05) is 182 Å². The van der Waals surface area contributed by atoms with Crippen molar-refractivity contribution in [3.05, 3.63) is 253 Å². The van der Waals surface area contributed by atoms with Crippen LogP contribution in [0.15, 0.2) is 241 Å². The Balaban J connectivity index is 0.948. The van der Waals surface area contributed by atoms with Crippen molar-refractivity contribution < 1.29 is 0 Å². The second kappa shape index (κ2) is 18.1. The van der Waals surface area contributed by atoms with Crippen LogP contribution in [0, 0.1) is 0 Å². The van der Waals surface area contributed by atoms with E-state index >= 15 is 0 Å². The van der Waals surface area contributed by atoms with Crippen LogP contribution in [0.2, 0.25) is 0 Å². The topological polar surface area (TPSA) is 128 Å². The molecule has 0 radical (unpaired) electrons. The first-order valence-electron chi connectivity index (χ1n) is 23.6. The lowest BCUT2D eigenvalue weighted by atomic mass is 9.98. The number of hydrogen-bond acceptors (Lipinski definition) is 10. The zero-order valence-corrected chi connectivity index (χ0v) is 38.4. The number of aromatic nitrogens is 8. The zero-order chi connectivity index (χ0) is 47.8. The highest BCUT2D eigenvalue weighted by atomic mass is 15.0. The summed E-state index contributed by atoms with van der Waals surface area (Å²) in [5.74, 6) is 3.50. The largest absolute Gasteiger partial charge is 0.244 e. The Labute approximate surface area is 414 Å². The van der Waals surface area contributed by atoms with E-state index in [0.717, 1.165) is 66.3 Å². The minimum absolute atomic E-state index is 0.559. The van der Waals surface area contributed by atoms with Gasteiger partial charge in [-0.15, -0.1) is 0 Å². The molecule has 0 amide bonds. The minimum atomic E-state index is 0.559. The van der Waals surface area contributed by atoms with Crippen molar-refractivity contribution in [2.45, 2.75) is 0 Å². The summed E-state index contributed by atoms with van der Waals surface area (Å²) in [7, 11) is 0. The fourth-order valence-corrected chi connectivity index (χ4v) is 8.91. The second-order valence-electron chi connectivity index (χ2n) is 17.2. The van der Waals surface area contributed by atoms with E-state index < -0.39 is 0 Å². The smallest absolute Gasteiger partial charge is 0.164 e. The zero-order valence-electron chi connectivity index (χ0n) is 38.4. The van der Waals surface area contributed by atoms with Crippen LogP contribution < -0.4 is 0 Å². The van der Waals surface area contributed by atoms with Gasteiger partial charge in [0.25, 0.3) is 0 Å². The van der Waals surface area contributed by atoms with Crippen LogP contribution in [0.1, 0.15) is 22.5 Å². The molecule has 8 aromatic carbocycles. The van der Waals surface area contributed by atoms with Crippen molar-refractivity contribution in [1.29, 1.82) is 0 Å². The SMILES string of the molecule is c1ccc(-c2nc(-c3ccccc3)nc(-c3ccc(/C4=N/c5cc6ccccc6nc5/C(c5ccc(-c6nc(-c7ccccc7)nc(-c7ccccc7)n6)cc5)=N\c5cc6ccccc6nc54)cc3)n2)cc1. The predicted octanol–water partition coefficient (Wildman–Crippen LogP) is 13.8. The molecule has 5 heterocycles.